The SMILES string of the molecule is O=C(Nc1ncccc1Cl)c1cccc([N+](=O)[O-])c1. The smallest absolute Gasteiger partial charge is 0.270 e. The van der Waals surface area contributed by atoms with Gasteiger partial charge in [0, 0.05) is 23.9 Å². The number of nitro benzene ring substituents is 1. The first-order chi connectivity index (χ1) is 9.08. The van der Waals surface area contributed by atoms with Gasteiger partial charge in [-0.25, -0.2) is 4.98 Å². The maximum absolute atomic E-state index is 11.9. The molecule has 0 aliphatic carbocycles. The number of carbonyl (C=O) groups is 1. The summed E-state index contributed by atoms with van der Waals surface area (Å²) in [5.41, 5.74) is 0.00990. The van der Waals surface area contributed by atoms with E-state index >= 15 is 0 Å². The Hall–Kier alpha value is -2.47. The highest BCUT2D eigenvalue weighted by Crippen LogP contribution is 2.19. The minimum absolute atomic E-state index is 0.153. The Morgan fingerprint density at radius 2 is 2.11 bits per heavy atom. The standard InChI is InChI=1S/C12H8ClN3O3/c13-10-5-2-6-14-11(10)15-12(17)8-3-1-4-9(7-8)16(18)19/h1-7H,(H,14,15,17). The average Bonchev–Trinajstić information content (AvgIpc) is 2.41. The Bertz CT molecular complexity index is 646. The average molecular weight is 278 g/mol. The van der Waals surface area contributed by atoms with Gasteiger partial charge in [0.25, 0.3) is 11.6 Å². The van der Waals surface area contributed by atoms with Crippen LogP contribution in [0.1, 0.15) is 10.4 Å². The molecule has 0 spiro atoms. The van der Waals surface area contributed by atoms with Crippen molar-refractivity contribution < 1.29 is 9.72 Å². The highest BCUT2D eigenvalue weighted by atomic mass is 35.5. The molecule has 0 saturated heterocycles. The van der Waals surface area contributed by atoms with Crippen molar-refractivity contribution in [2.75, 3.05) is 5.32 Å². The molecule has 96 valence electrons. The number of halogens is 1. The van der Waals surface area contributed by atoms with Crippen molar-refractivity contribution in [3.8, 4) is 0 Å². The number of nitrogens with zero attached hydrogens (tertiary/aromatic N) is 2. The summed E-state index contributed by atoms with van der Waals surface area (Å²) in [7, 11) is 0. The van der Waals surface area contributed by atoms with E-state index in [2.05, 4.69) is 10.3 Å². The first-order valence-corrected chi connectivity index (χ1v) is 5.62. The first-order valence-electron chi connectivity index (χ1n) is 5.24. The number of aromatic nitrogens is 1. The van der Waals surface area contributed by atoms with Crippen molar-refractivity contribution in [2.24, 2.45) is 0 Å². The van der Waals surface area contributed by atoms with Crippen molar-refractivity contribution in [1.82, 2.24) is 4.98 Å². The molecule has 1 aromatic carbocycles. The molecule has 1 N–H and O–H groups in total. The van der Waals surface area contributed by atoms with Gasteiger partial charge in [0.1, 0.15) is 0 Å². The Balaban J connectivity index is 2.23. The van der Waals surface area contributed by atoms with Gasteiger partial charge < -0.3 is 5.32 Å². The molecule has 0 aliphatic heterocycles. The summed E-state index contributed by atoms with van der Waals surface area (Å²) in [6.45, 7) is 0. The predicted molar refractivity (Wildman–Crippen MR) is 70.3 cm³/mol. The molecule has 2 rings (SSSR count). The molecule has 19 heavy (non-hydrogen) atoms. The lowest BCUT2D eigenvalue weighted by Gasteiger charge is -2.05. The van der Waals surface area contributed by atoms with Crippen molar-refractivity contribution in [3.05, 3.63) is 63.3 Å². The molecule has 0 aliphatic rings. The number of pyridine rings is 1. The Labute approximate surface area is 113 Å². The lowest BCUT2D eigenvalue weighted by Crippen LogP contribution is -2.13. The van der Waals surface area contributed by atoms with Crippen LogP contribution < -0.4 is 5.32 Å². The number of nitrogens with one attached hydrogen (secondary N) is 1. The minimum atomic E-state index is -0.565. The van der Waals surface area contributed by atoms with Crippen LogP contribution in [0.2, 0.25) is 5.02 Å². The van der Waals surface area contributed by atoms with E-state index in [0.717, 1.165) is 0 Å². The van der Waals surface area contributed by atoms with Gasteiger partial charge in [-0.2, -0.15) is 0 Å². The van der Waals surface area contributed by atoms with Crippen LogP contribution in [0.3, 0.4) is 0 Å². The molecular weight excluding hydrogens is 270 g/mol. The molecule has 0 saturated carbocycles. The van der Waals surface area contributed by atoms with Crippen LogP contribution in [0.15, 0.2) is 42.6 Å². The molecule has 1 aromatic heterocycles. The summed E-state index contributed by atoms with van der Waals surface area (Å²) in [5.74, 6) is -0.301. The Morgan fingerprint density at radius 1 is 1.32 bits per heavy atom. The maximum Gasteiger partial charge on any atom is 0.270 e. The minimum Gasteiger partial charge on any atom is -0.305 e. The van der Waals surface area contributed by atoms with Gasteiger partial charge in [-0.1, -0.05) is 17.7 Å². The van der Waals surface area contributed by atoms with Gasteiger partial charge in [0.15, 0.2) is 5.82 Å². The van der Waals surface area contributed by atoms with E-state index in [-0.39, 0.29) is 17.1 Å². The first kappa shape index (κ1) is 13.0. The number of anilines is 1. The van der Waals surface area contributed by atoms with Crippen LogP contribution in [-0.2, 0) is 0 Å². The van der Waals surface area contributed by atoms with Gasteiger partial charge in [-0.3, -0.25) is 14.9 Å². The number of nitro groups is 1. The molecule has 6 nitrogen and oxygen atoms in total. The second-order valence-corrected chi connectivity index (χ2v) is 4.00. The number of hydrogen-bond acceptors (Lipinski definition) is 4. The monoisotopic (exact) mass is 277 g/mol. The van der Waals surface area contributed by atoms with Crippen LogP contribution >= 0.6 is 11.6 Å². The third-order valence-electron chi connectivity index (χ3n) is 2.31. The number of hydrogen-bond donors (Lipinski definition) is 1. The van der Waals surface area contributed by atoms with Crippen LogP contribution in [0.25, 0.3) is 0 Å². The zero-order chi connectivity index (χ0) is 13.8. The molecule has 1 heterocycles. The third kappa shape index (κ3) is 3.05. The molecule has 0 bridgehead atoms. The van der Waals surface area contributed by atoms with Gasteiger partial charge in [0.2, 0.25) is 0 Å². The van der Waals surface area contributed by atoms with Crippen molar-refractivity contribution >= 4 is 29.0 Å². The van der Waals surface area contributed by atoms with E-state index in [1.165, 1.54) is 30.5 Å². The van der Waals surface area contributed by atoms with E-state index in [0.29, 0.717) is 5.02 Å². The van der Waals surface area contributed by atoms with Crippen LogP contribution in [0.4, 0.5) is 11.5 Å². The molecule has 1 amide bonds. The Kier molecular flexibility index (Phi) is 3.72. The summed E-state index contributed by atoms with van der Waals surface area (Å²) in [6, 6.07) is 8.62. The van der Waals surface area contributed by atoms with Gasteiger partial charge in [-0.15, -0.1) is 0 Å². The quantitative estimate of drug-likeness (QED) is 0.690. The summed E-state index contributed by atoms with van der Waals surface area (Å²) in [5, 5.41) is 13.4. The van der Waals surface area contributed by atoms with Crippen LogP contribution in [0.5, 0.6) is 0 Å². The maximum atomic E-state index is 11.9. The van der Waals surface area contributed by atoms with E-state index in [1.807, 2.05) is 0 Å². The normalized spacial score (nSPS) is 9.95. The molecule has 2 aromatic rings. The fourth-order valence-corrected chi connectivity index (χ4v) is 1.59. The number of rotatable bonds is 3. The summed E-state index contributed by atoms with van der Waals surface area (Å²) < 4.78 is 0. The van der Waals surface area contributed by atoms with Crippen LogP contribution in [-0.4, -0.2) is 15.8 Å². The highest BCUT2D eigenvalue weighted by Gasteiger charge is 2.13. The molecule has 0 unspecified atom stereocenters. The van der Waals surface area contributed by atoms with Crippen molar-refractivity contribution in [3.63, 3.8) is 0 Å². The zero-order valence-electron chi connectivity index (χ0n) is 9.54. The largest absolute Gasteiger partial charge is 0.305 e. The summed E-state index contributed by atoms with van der Waals surface area (Å²) in [6.07, 6.45) is 1.48. The highest BCUT2D eigenvalue weighted by molar-refractivity contribution is 6.33. The predicted octanol–water partition coefficient (Wildman–Crippen LogP) is 2.90. The molecule has 0 fully saturated rings. The van der Waals surface area contributed by atoms with E-state index in [1.54, 1.807) is 12.1 Å². The summed E-state index contributed by atoms with van der Waals surface area (Å²) in [4.78, 5) is 25.9. The summed E-state index contributed by atoms with van der Waals surface area (Å²) >= 11 is 5.85. The fourth-order valence-electron chi connectivity index (χ4n) is 1.42. The number of carbonyl (C=O) groups excluding carboxylic acids is 1. The number of non-ortho nitro benzene ring substituents is 1. The third-order valence-corrected chi connectivity index (χ3v) is 2.61. The van der Waals surface area contributed by atoms with Gasteiger partial charge in [0.05, 0.1) is 9.95 Å². The molecule has 0 radical (unpaired) electrons. The van der Waals surface area contributed by atoms with E-state index in [4.69, 9.17) is 11.6 Å². The molecule has 7 heteroatoms. The second kappa shape index (κ2) is 5.45. The lowest BCUT2D eigenvalue weighted by molar-refractivity contribution is -0.384. The number of benzene rings is 1. The lowest BCUT2D eigenvalue weighted by atomic mass is 10.2. The van der Waals surface area contributed by atoms with Gasteiger partial charge in [-0.05, 0) is 18.2 Å². The Morgan fingerprint density at radius 3 is 2.79 bits per heavy atom. The van der Waals surface area contributed by atoms with Crippen molar-refractivity contribution in [2.45, 2.75) is 0 Å². The topological polar surface area (TPSA) is 85.1 Å². The van der Waals surface area contributed by atoms with E-state index < -0.39 is 10.8 Å². The van der Waals surface area contributed by atoms with Crippen LogP contribution in [0, 0.1) is 10.1 Å². The van der Waals surface area contributed by atoms with Crippen molar-refractivity contribution in [1.29, 1.82) is 0 Å². The molecule has 0 atom stereocenters. The second-order valence-electron chi connectivity index (χ2n) is 3.60. The number of amides is 1. The zero-order valence-corrected chi connectivity index (χ0v) is 10.3. The molecular formula is C12H8ClN3O3. The van der Waals surface area contributed by atoms with E-state index in [9.17, 15) is 14.9 Å². The van der Waals surface area contributed by atoms with Gasteiger partial charge >= 0.3 is 0 Å². The fraction of sp³-hybridized carbons (Fsp3) is 0.